The van der Waals surface area contributed by atoms with Gasteiger partial charge >= 0.3 is 0 Å². The topological polar surface area (TPSA) is 24.1 Å². The van der Waals surface area contributed by atoms with Crippen LogP contribution in [0.25, 0.3) is 0 Å². The summed E-state index contributed by atoms with van der Waals surface area (Å²) >= 11 is 0. The van der Waals surface area contributed by atoms with Crippen LogP contribution in [0.15, 0.2) is 0 Å². The Morgan fingerprint density at radius 3 is 2.62 bits per heavy atom. The van der Waals surface area contributed by atoms with Crippen molar-refractivity contribution in [2.24, 2.45) is 16.7 Å². The molecule has 2 heteroatoms. The Balaban J connectivity index is 1.71. The summed E-state index contributed by atoms with van der Waals surface area (Å²) in [7, 11) is 0. The SMILES string of the molecule is CCC1(CNCC2CC2(C)C)CCCNC1. The minimum absolute atomic E-state index is 0.539. The molecule has 0 aromatic heterocycles. The molecule has 0 spiro atoms. The summed E-state index contributed by atoms with van der Waals surface area (Å²) in [6.45, 7) is 12.0. The van der Waals surface area contributed by atoms with Gasteiger partial charge in [0.2, 0.25) is 0 Å². The van der Waals surface area contributed by atoms with Crippen molar-refractivity contribution in [1.82, 2.24) is 10.6 Å². The molecule has 1 aliphatic heterocycles. The summed E-state index contributed by atoms with van der Waals surface area (Å²) in [6.07, 6.45) is 5.47. The van der Waals surface area contributed by atoms with Gasteiger partial charge in [-0.2, -0.15) is 0 Å². The molecule has 1 saturated carbocycles. The minimum atomic E-state index is 0.539. The Morgan fingerprint density at radius 1 is 1.38 bits per heavy atom. The number of rotatable bonds is 5. The fraction of sp³-hybridized carbons (Fsp3) is 1.00. The van der Waals surface area contributed by atoms with Crippen LogP contribution in [0.1, 0.15) is 46.5 Å². The Kier molecular flexibility index (Phi) is 3.60. The lowest BCUT2D eigenvalue weighted by atomic mass is 9.78. The van der Waals surface area contributed by atoms with E-state index in [1.54, 1.807) is 0 Å². The molecule has 2 N–H and O–H groups in total. The summed E-state index contributed by atoms with van der Waals surface area (Å²) in [5.74, 6) is 0.929. The van der Waals surface area contributed by atoms with E-state index >= 15 is 0 Å². The fourth-order valence-corrected chi connectivity index (χ4v) is 3.04. The van der Waals surface area contributed by atoms with Crippen molar-refractivity contribution >= 4 is 0 Å². The summed E-state index contributed by atoms with van der Waals surface area (Å²) in [4.78, 5) is 0. The maximum atomic E-state index is 3.72. The van der Waals surface area contributed by atoms with Crippen LogP contribution in [0.3, 0.4) is 0 Å². The second-order valence-corrected chi connectivity index (χ2v) is 6.65. The third kappa shape index (κ3) is 2.78. The third-order valence-corrected chi connectivity index (χ3v) is 4.92. The lowest BCUT2D eigenvalue weighted by Gasteiger charge is -2.37. The molecule has 0 radical (unpaired) electrons. The van der Waals surface area contributed by atoms with Gasteiger partial charge < -0.3 is 10.6 Å². The van der Waals surface area contributed by atoms with Crippen LogP contribution in [0.5, 0.6) is 0 Å². The van der Waals surface area contributed by atoms with Crippen molar-refractivity contribution in [3.8, 4) is 0 Å². The summed E-state index contributed by atoms with van der Waals surface area (Å²) in [5.41, 5.74) is 1.16. The first kappa shape index (κ1) is 12.4. The van der Waals surface area contributed by atoms with E-state index in [9.17, 15) is 0 Å². The molecule has 0 aromatic rings. The first-order valence-corrected chi connectivity index (χ1v) is 6.99. The normalized spacial score (nSPS) is 37.3. The number of hydrogen-bond donors (Lipinski definition) is 2. The maximum absolute atomic E-state index is 3.72. The number of piperidine rings is 1. The Hall–Kier alpha value is -0.0800. The second-order valence-electron chi connectivity index (χ2n) is 6.65. The molecule has 1 aliphatic carbocycles. The molecule has 2 unspecified atom stereocenters. The van der Waals surface area contributed by atoms with Crippen molar-refractivity contribution in [2.75, 3.05) is 26.2 Å². The molecule has 2 aliphatic rings. The van der Waals surface area contributed by atoms with Gasteiger partial charge in [0.25, 0.3) is 0 Å². The van der Waals surface area contributed by atoms with E-state index < -0.39 is 0 Å². The molecule has 0 bridgehead atoms. The second kappa shape index (κ2) is 4.66. The van der Waals surface area contributed by atoms with Crippen LogP contribution >= 0.6 is 0 Å². The average molecular weight is 224 g/mol. The highest BCUT2D eigenvalue weighted by Crippen LogP contribution is 2.51. The van der Waals surface area contributed by atoms with Gasteiger partial charge in [0.15, 0.2) is 0 Å². The monoisotopic (exact) mass is 224 g/mol. The molecular formula is C14H28N2. The van der Waals surface area contributed by atoms with Crippen molar-refractivity contribution < 1.29 is 0 Å². The first-order chi connectivity index (χ1) is 7.58. The lowest BCUT2D eigenvalue weighted by Crippen LogP contribution is -2.46. The summed E-state index contributed by atoms with van der Waals surface area (Å²) in [6, 6.07) is 0. The highest BCUT2D eigenvalue weighted by atomic mass is 15.0. The quantitative estimate of drug-likeness (QED) is 0.749. The molecule has 2 rings (SSSR count). The number of nitrogens with one attached hydrogen (secondary N) is 2. The highest BCUT2D eigenvalue weighted by Gasteiger charge is 2.45. The van der Waals surface area contributed by atoms with Gasteiger partial charge in [-0.05, 0) is 55.5 Å². The molecule has 16 heavy (non-hydrogen) atoms. The zero-order valence-corrected chi connectivity index (χ0v) is 11.2. The molecule has 2 atom stereocenters. The number of hydrogen-bond acceptors (Lipinski definition) is 2. The van der Waals surface area contributed by atoms with Gasteiger partial charge in [-0.15, -0.1) is 0 Å². The largest absolute Gasteiger partial charge is 0.316 e. The predicted octanol–water partition coefficient (Wildman–Crippen LogP) is 2.40. The molecule has 0 amide bonds. The van der Waals surface area contributed by atoms with Gasteiger partial charge in [-0.25, -0.2) is 0 Å². The van der Waals surface area contributed by atoms with Crippen LogP contribution in [0.4, 0.5) is 0 Å². The van der Waals surface area contributed by atoms with E-state index in [1.807, 2.05) is 0 Å². The molecule has 94 valence electrons. The fourth-order valence-electron chi connectivity index (χ4n) is 3.04. The summed E-state index contributed by atoms with van der Waals surface area (Å²) in [5, 5.41) is 7.28. The third-order valence-electron chi connectivity index (χ3n) is 4.92. The first-order valence-electron chi connectivity index (χ1n) is 6.99. The van der Waals surface area contributed by atoms with Crippen LogP contribution in [-0.4, -0.2) is 26.2 Å². The molecular weight excluding hydrogens is 196 g/mol. The molecule has 0 aromatic carbocycles. The van der Waals surface area contributed by atoms with Crippen LogP contribution in [0, 0.1) is 16.7 Å². The summed E-state index contributed by atoms with van der Waals surface area (Å²) < 4.78 is 0. The van der Waals surface area contributed by atoms with Gasteiger partial charge in [0.05, 0.1) is 0 Å². The van der Waals surface area contributed by atoms with Crippen molar-refractivity contribution in [1.29, 1.82) is 0 Å². The Labute approximate surface area is 101 Å². The van der Waals surface area contributed by atoms with Gasteiger partial charge in [-0.1, -0.05) is 20.8 Å². The van der Waals surface area contributed by atoms with Gasteiger partial charge in [0.1, 0.15) is 0 Å². The average Bonchev–Trinajstić information content (AvgIpc) is 2.88. The molecule has 1 saturated heterocycles. The van der Waals surface area contributed by atoms with E-state index in [-0.39, 0.29) is 0 Å². The van der Waals surface area contributed by atoms with Crippen molar-refractivity contribution in [3.63, 3.8) is 0 Å². The maximum Gasteiger partial charge on any atom is 0.00200 e. The van der Waals surface area contributed by atoms with E-state index in [1.165, 1.54) is 51.9 Å². The van der Waals surface area contributed by atoms with E-state index in [0.717, 1.165) is 5.92 Å². The van der Waals surface area contributed by atoms with Crippen LogP contribution in [0.2, 0.25) is 0 Å². The Morgan fingerprint density at radius 2 is 2.12 bits per heavy atom. The highest BCUT2D eigenvalue weighted by molar-refractivity contribution is 4.97. The zero-order chi connectivity index (χ0) is 11.6. The molecule has 1 heterocycles. The van der Waals surface area contributed by atoms with Crippen LogP contribution in [-0.2, 0) is 0 Å². The lowest BCUT2D eigenvalue weighted by molar-refractivity contribution is 0.191. The van der Waals surface area contributed by atoms with Crippen molar-refractivity contribution in [2.45, 2.75) is 46.5 Å². The predicted molar refractivity (Wildman–Crippen MR) is 69.6 cm³/mol. The zero-order valence-electron chi connectivity index (χ0n) is 11.2. The molecule has 2 nitrogen and oxygen atoms in total. The standard InChI is InChI=1S/C14H28N2/c1-4-14(6-5-7-15-10-14)11-16-9-12-8-13(12,2)3/h12,15-16H,4-11H2,1-3H3. The smallest absolute Gasteiger partial charge is 0.00200 e. The van der Waals surface area contributed by atoms with Gasteiger partial charge in [0, 0.05) is 13.1 Å². The Bertz CT molecular complexity index is 229. The van der Waals surface area contributed by atoms with E-state index in [4.69, 9.17) is 0 Å². The van der Waals surface area contributed by atoms with Crippen LogP contribution < -0.4 is 10.6 Å². The van der Waals surface area contributed by atoms with Crippen molar-refractivity contribution in [3.05, 3.63) is 0 Å². The minimum Gasteiger partial charge on any atom is -0.316 e. The molecule has 2 fully saturated rings. The van der Waals surface area contributed by atoms with E-state index in [2.05, 4.69) is 31.4 Å². The van der Waals surface area contributed by atoms with E-state index in [0.29, 0.717) is 10.8 Å². The van der Waals surface area contributed by atoms with Gasteiger partial charge in [-0.3, -0.25) is 0 Å².